The van der Waals surface area contributed by atoms with Gasteiger partial charge in [0.2, 0.25) is 11.4 Å². The van der Waals surface area contributed by atoms with E-state index in [0.29, 0.717) is 24.6 Å². The van der Waals surface area contributed by atoms with E-state index in [0.717, 1.165) is 5.56 Å². The zero-order chi connectivity index (χ0) is 15.2. The molecule has 0 bridgehead atoms. The van der Waals surface area contributed by atoms with Gasteiger partial charge < -0.3 is 14.9 Å². The van der Waals surface area contributed by atoms with E-state index in [9.17, 15) is 9.90 Å². The number of hydrogen-bond donors (Lipinski definition) is 2. The van der Waals surface area contributed by atoms with Gasteiger partial charge in [0, 0.05) is 13.0 Å². The number of carboxylic acids is 1. The first-order valence-electron chi connectivity index (χ1n) is 6.68. The molecule has 21 heavy (non-hydrogen) atoms. The molecule has 0 saturated carbocycles. The van der Waals surface area contributed by atoms with Crippen molar-refractivity contribution in [3.8, 4) is 11.5 Å². The Morgan fingerprint density at radius 2 is 1.95 bits per heavy atom. The molecule has 0 saturated heterocycles. The summed E-state index contributed by atoms with van der Waals surface area (Å²) in [5.41, 5.74) is 1.70. The maximum atomic E-state index is 10.7. The average Bonchev–Trinajstić information content (AvgIpc) is 2.47. The maximum absolute atomic E-state index is 10.7. The Kier molecular flexibility index (Phi) is 4.77. The zero-order valence-electron chi connectivity index (χ0n) is 11.8. The molecule has 110 valence electrons. The lowest BCUT2D eigenvalue weighted by molar-refractivity contribution is -0.702. The van der Waals surface area contributed by atoms with Crippen LogP contribution in [0.2, 0.25) is 0 Å². The number of carbonyl (C=O) groups is 1. The Labute approximate surface area is 123 Å². The number of aromatic hydroxyl groups is 1. The van der Waals surface area contributed by atoms with Crippen LogP contribution < -0.4 is 9.30 Å². The second-order valence-electron chi connectivity index (χ2n) is 4.73. The number of aryl methyl sites for hydroxylation is 1. The number of aromatic nitrogens is 1. The van der Waals surface area contributed by atoms with Gasteiger partial charge in [-0.25, -0.2) is 0 Å². The van der Waals surface area contributed by atoms with Gasteiger partial charge in [0.1, 0.15) is 13.0 Å². The van der Waals surface area contributed by atoms with Crippen molar-refractivity contribution in [2.45, 2.75) is 26.5 Å². The molecular weight excluding hydrogens is 270 g/mol. The van der Waals surface area contributed by atoms with Crippen LogP contribution in [0.25, 0.3) is 0 Å². The van der Waals surface area contributed by atoms with Gasteiger partial charge in [0.15, 0.2) is 18.5 Å². The van der Waals surface area contributed by atoms with E-state index in [4.69, 9.17) is 9.84 Å². The fourth-order valence-corrected chi connectivity index (χ4v) is 2.03. The molecule has 1 aromatic heterocycles. The van der Waals surface area contributed by atoms with Crippen molar-refractivity contribution in [3.63, 3.8) is 0 Å². The van der Waals surface area contributed by atoms with Crippen molar-refractivity contribution in [2.75, 3.05) is 0 Å². The van der Waals surface area contributed by atoms with Crippen LogP contribution in [0.4, 0.5) is 0 Å². The van der Waals surface area contributed by atoms with Gasteiger partial charge in [-0.15, -0.1) is 0 Å². The summed E-state index contributed by atoms with van der Waals surface area (Å²) in [6.07, 6.45) is 1.68. The third kappa shape index (κ3) is 3.95. The Morgan fingerprint density at radius 1 is 1.24 bits per heavy atom. The first kappa shape index (κ1) is 14.8. The molecular formula is C16H18NO4+. The van der Waals surface area contributed by atoms with Crippen LogP contribution in [0, 0.1) is 6.92 Å². The van der Waals surface area contributed by atoms with E-state index in [2.05, 4.69) is 0 Å². The molecule has 1 aromatic carbocycles. The van der Waals surface area contributed by atoms with Gasteiger partial charge in [0.05, 0.1) is 0 Å². The number of aliphatic carboxylic acids is 1. The van der Waals surface area contributed by atoms with E-state index in [1.807, 2.05) is 30.3 Å². The topological polar surface area (TPSA) is 70.6 Å². The highest BCUT2D eigenvalue weighted by atomic mass is 16.5. The smallest absolute Gasteiger partial charge is 0.309 e. The largest absolute Gasteiger partial charge is 0.504 e. The summed E-state index contributed by atoms with van der Waals surface area (Å²) in [5, 5.41) is 18.7. The molecule has 0 spiro atoms. The highest BCUT2D eigenvalue weighted by molar-refractivity contribution is 5.66. The summed E-state index contributed by atoms with van der Waals surface area (Å²) in [7, 11) is 0. The normalized spacial score (nSPS) is 10.3. The summed E-state index contributed by atoms with van der Waals surface area (Å²) in [6, 6.07) is 11.2. The van der Waals surface area contributed by atoms with Crippen LogP contribution >= 0.6 is 0 Å². The number of carboxylic acid groups (broad SMARTS) is 1. The molecule has 5 heteroatoms. The number of ether oxygens (including phenoxy) is 1. The molecule has 1 heterocycles. The summed E-state index contributed by atoms with van der Waals surface area (Å²) in [6.45, 7) is 2.48. The molecule has 0 aliphatic rings. The van der Waals surface area contributed by atoms with Crippen LogP contribution in [-0.4, -0.2) is 16.2 Å². The van der Waals surface area contributed by atoms with Crippen LogP contribution in [0.15, 0.2) is 42.6 Å². The molecule has 0 fully saturated rings. The van der Waals surface area contributed by atoms with E-state index in [1.54, 1.807) is 17.7 Å². The van der Waals surface area contributed by atoms with Crippen molar-refractivity contribution in [2.24, 2.45) is 0 Å². The molecule has 0 radical (unpaired) electrons. The zero-order valence-corrected chi connectivity index (χ0v) is 11.8. The second-order valence-corrected chi connectivity index (χ2v) is 4.73. The van der Waals surface area contributed by atoms with Crippen LogP contribution in [-0.2, 0) is 17.9 Å². The molecule has 0 unspecified atom stereocenters. The Balaban J connectivity index is 2.14. The van der Waals surface area contributed by atoms with Crippen molar-refractivity contribution >= 4 is 5.97 Å². The highest BCUT2D eigenvalue weighted by Crippen LogP contribution is 2.27. The highest BCUT2D eigenvalue weighted by Gasteiger charge is 2.18. The van der Waals surface area contributed by atoms with Crippen LogP contribution in [0.3, 0.4) is 0 Å². The molecule has 0 aliphatic carbocycles. The lowest BCUT2D eigenvalue weighted by Gasteiger charge is -2.10. The number of rotatable bonds is 6. The Hall–Kier alpha value is -2.56. The third-order valence-corrected chi connectivity index (χ3v) is 3.20. The second kappa shape index (κ2) is 6.74. The van der Waals surface area contributed by atoms with Crippen molar-refractivity contribution in [1.82, 2.24) is 0 Å². The van der Waals surface area contributed by atoms with Crippen molar-refractivity contribution in [3.05, 3.63) is 53.9 Å². The fraction of sp³-hybridized carbons (Fsp3) is 0.250. The number of hydrogen-bond acceptors (Lipinski definition) is 3. The predicted octanol–water partition coefficient (Wildman–Crippen LogP) is 2.04. The number of pyridine rings is 1. The van der Waals surface area contributed by atoms with Crippen LogP contribution in [0.1, 0.15) is 17.7 Å². The fourth-order valence-electron chi connectivity index (χ4n) is 2.03. The Bertz CT molecular complexity index is 626. The maximum Gasteiger partial charge on any atom is 0.309 e. The summed E-state index contributed by atoms with van der Waals surface area (Å²) < 4.78 is 7.44. The minimum atomic E-state index is -0.860. The van der Waals surface area contributed by atoms with Gasteiger partial charge in [-0.05, 0) is 5.56 Å². The predicted molar refractivity (Wildman–Crippen MR) is 76.1 cm³/mol. The minimum Gasteiger partial charge on any atom is -0.504 e. The van der Waals surface area contributed by atoms with E-state index in [1.165, 1.54) is 6.07 Å². The van der Waals surface area contributed by atoms with Crippen molar-refractivity contribution in [1.29, 1.82) is 0 Å². The lowest BCUT2D eigenvalue weighted by atomic mass is 10.2. The molecule has 0 aliphatic heterocycles. The standard InChI is InChI=1S/C16H17NO4/c1-12-16(21-11-13-5-3-2-4-6-13)14(18)7-9-17(12)10-8-15(19)20/h2-7,9H,8,10-11H2,1H3,(H,19,20)/p+1. The summed E-state index contributed by atoms with van der Waals surface area (Å²) in [5.74, 6) is -0.427. The lowest BCUT2D eigenvalue weighted by Crippen LogP contribution is -2.38. The van der Waals surface area contributed by atoms with E-state index < -0.39 is 5.97 Å². The first-order chi connectivity index (χ1) is 10.1. The van der Waals surface area contributed by atoms with E-state index in [-0.39, 0.29) is 12.2 Å². The Morgan fingerprint density at radius 3 is 2.62 bits per heavy atom. The SMILES string of the molecule is Cc1c(OCc2ccccc2)c(O)cc[n+]1CCC(=O)O. The molecule has 2 aromatic rings. The van der Waals surface area contributed by atoms with Gasteiger partial charge in [-0.3, -0.25) is 4.79 Å². The molecule has 2 N–H and O–H groups in total. The van der Waals surface area contributed by atoms with Gasteiger partial charge in [-0.1, -0.05) is 30.3 Å². The molecule has 0 amide bonds. The van der Waals surface area contributed by atoms with Gasteiger partial charge in [-0.2, -0.15) is 4.57 Å². The minimum absolute atomic E-state index is 0.0222. The van der Waals surface area contributed by atoms with Crippen LogP contribution in [0.5, 0.6) is 11.5 Å². The molecule has 5 nitrogen and oxygen atoms in total. The van der Waals surface area contributed by atoms with E-state index >= 15 is 0 Å². The third-order valence-electron chi connectivity index (χ3n) is 3.20. The quantitative estimate of drug-likeness (QED) is 0.798. The number of nitrogens with zero attached hydrogens (tertiary/aromatic N) is 1. The van der Waals surface area contributed by atoms with Gasteiger partial charge in [0.25, 0.3) is 0 Å². The summed E-state index contributed by atoms with van der Waals surface area (Å²) >= 11 is 0. The monoisotopic (exact) mass is 288 g/mol. The average molecular weight is 288 g/mol. The van der Waals surface area contributed by atoms with Gasteiger partial charge >= 0.3 is 5.97 Å². The summed E-state index contributed by atoms with van der Waals surface area (Å²) in [4.78, 5) is 10.7. The molecule has 2 rings (SSSR count). The number of benzene rings is 1. The van der Waals surface area contributed by atoms with Crippen molar-refractivity contribution < 1.29 is 24.3 Å². The molecule has 0 atom stereocenters. The first-order valence-corrected chi connectivity index (χ1v) is 6.68.